The van der Waals surface area contributed by atoms with Crippen LogP contribution in [0.15, 0.2) is 24.4 Å². The molecular weight excluding hydrogens is 160 g/mol. The summed E-state index contributed by atoms with van der Waals surface area (Å²) in [6.07, 6.45) is 4.24. The van der Waals surface area contributed by atoms with Crippen LogP contribution in [0, 0.1) is 0 Å². The maximum Gasteiger partial charge on any atom is 0.0460 e. The largest absolute Gasteiger partial charge is 0.361 e. The highest BCUT2D eigenvalue weighted by molar-refractivity contribution is 5.87. The van der Waals surface area contributed by atoms with Gasteiger partial charge in [0.25, 0.3) is 0 Å². The van der Waals surface area contributed by atoms with Crippen molar-refractivity contribution in [3.63, 3.8) is 0 Å². The van der Waals surface area contributed by atoms with Crippen LogP contribution in [0.25, 0.3) is 10.9 Å². The Kier molecular flexibility index (Phi) is 1.30. The molecule has 0 amide bonds. The van der Waals surface area contributed by atoms with Crippen molar-refractivity contribution in [3.05, 3.63) is 35.5 Å². The summed E-state index contributed by atoms with van der Waals surface area (Å²) in [4.78, 5) is 3.27. The number of aromatic amines is 1. The first-order valence-electron chi connectivity index (χ1n) is 4.71. The van der Waals surface area contributed by atoms with Gasteiger partial charge in [0.2, 0.25) is 0 Å². The molecule has 1 aliphatic rings. The van der Waals surface area contributed by atoms with Crippen molar-refractivity contribution in [1.82, 2.24) is 4.98 Å². The Hall–Kier alpha value is -1.28. The van der Waals surface area contributed by atoms with Gasteiger partial charge in [-0.1, -0.05) is 12.1 Å². The molecule has 2 heteroatoms. The monoisotopic (exact) mass is 172 g/mol. The molecule has 2 aromatic rings. The number of nitrogens with two attached hydrogens (primary N) is 1. The second-order valence-electron chi connectivity index (χ2n) is 3.73. The van der Waals surface area contributed by atoms with Gasteiger partial charge in [0, 0.05) is 23.1 Å². The molecule has 13 heavy (non-hydrogen) atoms. The maximum atomic E-state index is 6.03. The molecule has 0 saturated carbocycles. The fourth-order valence-corrected chi connectivity index (χ4v) is 2.26. The molecule has 0 radical (unpaired) electrons. The van der Waals surface area contributed by atoms with Crippen LogP contribution in [0.1, 0.15) is 23.6 Å². The van der Waals surface area contributed by atoms with Gasteiger partial charge in [-0.15, -0.1) is 0 Å². The van der Waals surface area contributed by atoms with Gasteiger partial charge in [-0.25, -0.2) is 0 Å². The molecule has 0 spiro atoms. The number of benzene rings is 1. The molecular formula is C11H12N2. The molecule has 1 atom stereocenters. The highest BCUT2D eigenvalue weighted by atomic mass is 14.7. The van der Waals surface area contributed by atoms with E-state index in [1.54, 1.807) is 0 Å². The number of rotatable bonds is 0. The molecule has 1 heterocycles. The van der Waals surface area contributed by atoms with Crippen LogP contribution in [0.4, 0.5) is 0 Å². The van der Waals surface area contributed by atoms with E-state index in [0.717, 1.165) is 12.8 Å². The molecule has 0 saturated heterocycles. The molecule has 3 N–H and O–H groups in total. The van der Waals surface area contributed by atoms with E-state index in [2.05, 4.69) is 29.4 Å². The van der Waals surface area contributed by atoms with Crippen LogP contribution < -0.4 is 5.73 Å². The summed E-state index contributed by atoms with van der Waals surface area (Å²) < 4.78 is 0. The summed E-state index contributed by atoms with van der Waals surface area (Å²) >= 11 is 0. The van der Waals surface area contributed by atoms with Crippen molar-refractivity contribution < 1.29 is 0 Å². The summed E-state index contributed by atoms with van der Waals surface area (Å²) in [7, 11) is 0. The van der Waals surface area contributed by atoms with Crippen LogP contribution in [-0.2, 0) is 6.42 Å². The van der Waals surface area contributed by atoms with E-state index in [9.17, 15) is 0 Å². The van der Waals surface area contributed by atoms with Gasteiger partial charge in [0.05, 0.1) is 0 Å². The minimum Gasteiger partial charge on any atom is -0.361 e. The Bertz CT molecular complexity index is 456. The number of aryl methyl sites for hydroxylation is 1. The molecule has 1 aromatic carbocycles. The van der Waals surface area contributed by atoms with Gasteiger partial charge in [-0.05, 0) is 30.0 Å². The fourth-order valence-electron chi connectivity index (χ4n) is 2.26. The molecule has 66 valence electrons. The lowest BCUT2D eigenvalue weighted by Crippen LogP contribution is -2.14. The van der Waals surface area contributed by atoms with E-state index in [1.807, 2.05) is 0 Å². The zero-order chi connectivity index (χ0) is 8.84. The quantitative estimate of drug-likeness (QED) is 0.628. The van der Waals surface area contributed by atoms with Gasteiger partial charge >= 0.3 is 0 Å². The van der Waals surface area contributed by atoms with Gasteiger partial charge in [-0.2, -0.15) is 0 Å². The highest BCUT2D eigenvalue weighted by Crippen LogP contribution is 2.33. The predicted octanol–water partition coefficient (Wildman–Crippen LogP) is 2.11. The van der Waals surface area contributed by atoms with E-state index in [0.29, 0.717) is 0 Å². The number of aromatic nitrogens is 1. The Morgan fingerprint density at radius 3 is 3.23 bits per heavy atom. The van der Waals surface area contributed by atoms with Crippen LogP contribution >= 0.6 is 0 Å². The van der Waals surface area contributed by atoms with Crippen LogP contribution in [0.2, 0.25) is 0 Å². The molecule has 0 fully saturated rings. The van der Waals surface area contributed by atoms with E-state index < -0.39 is 0 Å². The van der Waals surface area contributed by atoms with Crippen molar-refractivity contribution in [2.45, 2.75) is 18.9 Å². The topological polar surface area (TPSA) is 41.8 Å². The van der Waals surface area contributed by atoms with Crippen LogP contribution in [0.3, 0.4) is 0 Å². The molecule has 1 aliphatic carbocycles. The first kappa shape index (κ1) is 7.15. The molecule has 2 nitrogen and oxygen atoms in total. The lowest BCUT2D eigenvalue weighted by molar-refractivity contribution is 0.643. The van der Waals surface area contributed by atoms with E-state index in [-0.39, 0.29) is 6.04 Å². The normalized spacial score (nSPS) is 20.8. The standard InChI is InChI=1S/C11H12N2/c12-9-5-4-7-2-1-3-10-11(7)8(9)6-13-10/h1-3,6,9,13H,4-5,12H2. The fraction of sp³-hybridized carbons (Fsp3) is 0.273. The van der Waals surface area contributed by atoms with E-state index >= 15 is 0 Å². The second kappa shape index (κ2) is 2.36. The highest BCUT2D eigenvalue weighted by Gasteiger charge is 2.19. The number of nitrogens with one attached hydrogen (secondary N) is 1. The summed E-state index contributed by atoms with van der Waals surface area (Å²) in [5.74, 6) is 0. The lowest BCUT2D eigenvalue weighted by atomic mass is 9.90. The third-order valence-corrected chi connectivity index (χ3v) is 2.95. The van der Waals surface area contributed by atoms with Crippen LogP contribution in [-0.4, -0.2) is 4.98 Å². The van der Waals surface area contributed by atoms with Gasteiger partial charge in [0.1, 0.15) is 0 Å². The zero-order valence-corrected chi connectivity index (χ0v) is 7.38. The average Bonchev–Trinajstić information content (AvgIpc) is 2.57. The predicted molar refractivity (Wildman–Crippen MR) is 53.5 cm³/mol. The van der Waals surface area contributed by atoms with Crippen molar-refractivity contribution >= 4 is 10.9 Å². The van der Waals surface area contributed by atoms with Crippen molar-refractivity contribution in [2.75, 3.05) is 0 Å². The maximum absolute atomic E-state index is 6.03. The minimum absolute atomic E-state index is 0.226. The summed E-state index contributed by atoms with van der Waals surface area (Å²) in [6, 6.07) is 6.64. The summed E-state index contributed by atoms with van der Waals surface area (Å²) in [6.45, 7) is 0. The number of hydrogen-bond acceptors (Lipinski definition) is 1. The third-order valence-electron chi connectivity index (χ3n) is 2.95. The summed E-state index contributed by atoms with van der Waals surface area (Å²) in [5.41, 5.74) is 9.98. The molecule has 1 unspecified atom stereocenters. The van der Waals surface area contributed by atoms with Gasteiger partial charge < -0.3 is 10.7 Å². The second-order valence-corrected chi connectivity index (χ2v) is 3.73. The van der Waals surface area contributed by atoms with E-state index in [1.165, 1.54) is 22.0 Å². The number of hydrogen-bond donors (Lipinski definition) is 2. The zero-order valence-electron chi connectivity index (χ0n) is 7.38. The smallest absolute Gasteiger partial charge is 0.0460 e. The number of H-pyrrole nitrogens is 1. The first-order chi connectivity index (χ1) is 6.36. The van der Waals surface area contributed by atoms with Gasteiger partial charge in [0.15, 0.2) is 0 Å². The van der Waals surface area contributed by atoms with Crippen molar-refractivity contribution in [1.29, 1.82) is 0 Å². The minimum atomic E-state index is 0.226. The summed E-state index contributed by atoms with van der Waals surface area (Å²) in [5, 5.41) is 1.36. The SMILES string of the molecule is NC1CCc2cccc3[nH]cc1c23. The third kappa shape index (κ3) is 0.864. The Morgan fingerprint density at radius 2 is 2.31 bits per heavy atom. The van der Waals surface area contributed by atoms with Gasteiger partial charge in [-0.3, -0.25) is 0 Å². The Labute approximate surface area is 76.8 Å². The molecule has 0 aliphatic heterocycles. The van der Waals surface area contributed by atoms with Crippen molar-refractivity contribution in [2.24, 2.45) is 5.73 Å². The molecule has 3 rings (SSSR count). The molecule has 1 aromatic heterocycles. The average molecular weight is 172 g/mol. The Morgan fingerprint density at radius 1 is 1.38 bits per heavy atom. The van der Waals surface area contributed by atoms with Crippen molar-refractivity contribution in [3.8, 4) is 0 Å². The Balaban J connectivity index is 2.45. The first-order valence-corrected chi connectivity index (χ1v) is 4.71. The van der Waals surface area contributed by atoms with E-state index in [4.69, 9.17) is 5.73 Å². The molecule has 0 bridgehead atoms. The lowest BCUT2D eigenvalue weighted by Gasteiger charge is -2.18. The van der Waals surface area contributed by atoms with Crippen LogP contribution in [0.5, 0.6) is 0 Å².